The van der Waals surface area contributed by atoms with E-state index in [1.165, 1.54) is 54.5 Å². The molecule has 2 unspecified atom stereocenters. The van der Waals surface area contributed by atoms with Crippen molar-refractivity contribution in [3.8, 4) is 5.69 Å². The van der Waals surface area contributed by atoms with Gasteiger partial charge in [-0.15, -0.1) is 0 Å². The van der Waals surface area contributed by atoms with E-state index in [-0.39, 0.29) is 12.5 Å². The van der Waals surface area contributed by atoms with E-state index in [0.29, 0.717) is 0 Å². The molecule has 8 aromatic rings. The normalized spacial score (nSPS) is 18.1. The lowest BCUT2D eigenvalue weighted by atomic mass is 10.0. The van der Waals surface area contributed by atoms with Crippen LogP contribution in [0, 0.1) is 0 Å². The number of nitrogens with zero attached hydrogens (tertiary/aromatic N) is 3. The molecule has 5 nitrogen and oxygen atoms in total. The highest BCUT2D eigenvalue weighted by molar-refractivity contribution is 6.25. The average Bonchev–Trinajstić information content (AvgIpc) is 3.67. The number of amidine groups is 1. The summed E-state index contributed by atoms with van der Waals surface area (Å²) in [5, 5.41) is 15.1. The van der Waals surface area contributed by atoms with E-state index in [4.69, 9.17) is 4.99 Å². The first-order chi connectivity index (χ1) is 23.8. The highest BCUT2D eigenvalue weighted by atomic mass is 15.4. The van der Waals surface area contributed by atoms with Crippen LogP contribution in [-0.2, 0) is 0 Å². The Kier molecular flexibility index (Phi) is 6.14. The van der Waals surface area contributed by atoms with E-state index in [1.807, 2.05) is 0 Å². The van der Waals surface area contributed by atoms with Crippen LogP contribution < -0.4 is 10.6 Å². The Morgan fingerprint density at radius 2 is 1.40 bits per heavy atom. The van der Waals surface area contributed by atoms with E-state index >= 15 is 0 Å². The molecule has 2 N–H and O–H groups in total. The molecule has 2 atom stereocenters. The number of fused-ring (bicyclic) bond motifs is 8. The summed E-state index contributed by atoms with van der Waals surface area (Å²) in [6.07, 6.45) is 8.15. The topological polar surface area (TPSA) is 46.3 Å². The van der Waals surface area contributed by atoms with Crippen molar-refractivity contribution < 1.29 is 0 Å². The first-order valence-electron chi connectivity index (χ1n) is 16.8. The molecule has 0 spiro atoms. The zero-order valence-electron chi connectivity index (χ0n) is 26.3. The van der Waals surface area contributed by atoms with Gasteiger partial charge in [0.15, 0.2) is 6.29 Å². The highest BCUT2D eigenvalue weighted by Crippen LogP contribution is 2.42. The smallest absolute Gasteiger partial charge is 0.184 e. The summed E-state index contributed by atoms with van der Waals surface area (Å²) in [5.41, 5.74) is 8.27. The summed E-state index contributed by atoms with van der Waals surface area (Å²) in [6, 6.07) is 48.2. The maximum Gasteiger partial charge on any atom is 0.184 e. The van der Waals surface area contributed by atoms with Gasteiger partial charge in [0.1, 0.15) is 12.0 Å². The Morgan fingerprint density at radius 1 is 0.625 bits per heavy atom. The molecule has 1 aliphatic heterocycles. The SMILES string of the molecule is C1=CCCC(C2=NC(n3c4ccccc4c4cc5c6c7ccccc7ccc6n(-c6ccccc6)c5cc43)NC(c3ccccc3)N2)=C1. The molecule has 2 aromatic heterocycles. The van der Waals surface area contributed by atoms with Crippen LogP contribution in [0.25, 0.3) is 60.1 Å². The van der Waals surface area contributed by atoms with Crippen molar-refractivity contribution in [1.82, 2.24) is 19.8 Å². The number of para-hydroxylation sites is 2. The van der Waals surface area contributed by atoms with Gasteiger partial charge in [0.05, 0.1) is 22.1 Å². The predicted octanol–water partition coefficient (Wildman–Crippen LogP) is 10.1. The minimum atomic E-state index is -0.325. The number of aliphatic imine (C=N–C) groups is 1. The number of allylic oxidation sites excluding steroid dienone is 3. The van der Waals surface area contributed by atoms with Crippen LogP contribution in [-0.4, -0.2) is 15.0 Å². The van der Waals surface area contributed by atoms with Crippen molar-refractivity contribution in [1.29, 1.82) is 0 Å². The molecule has 2 aliphatic rings. The fourth-order valence-corrected chi connectivity index (χ4v) is 7.85. The number of hydrogen-bond donors (Lipinski definition) is 2. The third-order valence-corrected chi connectivity index (χ3v) is 10.0. The Morgan fingerprint density at radius 3 is 2.23 bits per heavy atom. The van der Waals surface area contributed by atoms with Gasteiger partial charge in [-0.05, 0) is 71.1 Å². The highest BCUT2D eigenvalue weighted by Gasteiger charge is 2.29. The molecule has 5 heteroatoms. The van der Waals surface area contributed by atoms with Crippen LogP contribution in [0.2, 0.25) is 0 Å². The number of nitrogens with one attached hydrogen (secondary N) is 2. The number of hydrogen-bond acceptors (Lipinski definition) is 3. The monoisotopic (exact) mass is 619 g/mol. The molecule has 0 saturated carbocycles. The van der Waals surface area contributed by atoms with Crippen molar-refractivity contribution in [2.24, 2.45) is 4.99 Å². The fraction of sp³-hybridized carbons (Fsp3) is 0.0930. The van der Waals surface area contributed by atoms with Crippen LogP contribution in [0.3, 0.4) is 0 Å². The lowest BCUT2D eigenvalue weighted by molar-refractivity contribution is 0.341. The standard InChI is InChI=1S/C43H33N5/c1-4-15-29(16-5-1)41-44-42(30-17-6-2-7-18-30)46-43(45-41)48-36-23-13-12-22-33(36)34-26-35-39(27-38(34)48)47(31-19-8-3-9-20-31)37-25-24-28-14-10-11-21-32(28)40(35)37/h1-6,8-17,19-27,41,43,45H,7,18H2,(H,44,46). The summed E-state index contributed by atoms with van der Waals surface area (Å²) in [7, 11) is 0. The second-order valence-electron chi connectivity index (χ2n) is 12.8. The van der Waals surface area contributed by atoms with Gasteiger partial charge in [0, 0.05) is 27.2 Å². The number of aromatic nitrogens is 2. The Balaban J connectivity index is 1.29. The second-order valence-corrected chi connectivity index (χ2v) is 12.8. The Hall–Kier alpha value is -5.91. The summed E-state index contributed by atoms with van der Waals surface area (Å²) >= 11 is 0. The van der Waals surface area contributed by atoms with E-state index < -0.39 is 0 Å². The van der Waals surface area contributed by atoms with E-state index in [0.717, 1.165) is 35.4 Å². The van der Waals surface area contributed by atoms with Crippen molar-refractivity contribution in [2.75, 3.05) is 0 Å². The van der Waals surface area contributed by atoms with Gasteiger partial charge in [0.25, 0.3) is 0 Å². The summed E-state index contributed by atoms with van der Waals surface area (Å²) in [6.45, 7) is 0. The molecule has 6 aromatic carbocycles. The molecular formula is C43H33N5. The van der Waals surface area contributed by atoms with Crippen molar-refractivity contribution in [3.63, 3.8) is 0 Å². The lowest BCUT2D eigenvalue weighted by Crippen LogP contribution is -2.46. The third kappa shape index (κ3) is 4.18. The van der Waals surface area contributed by atoms with Crippen molar-refractivity contribution in [2.45, 2.75) is 25.3 Å². The minimum absolute atomic E-state index is 0.0995. The van der Waals surface area contributed by atoms with Crippen molar-refractivity contribution >= 4 is 60.2 Å². The fourth-order valence-electron chi connectivity index (χ4n) is 7.85. The first kappa shape index (κ1) is 27.2. The molecule has 48 heavy (non-hydrogen) atoms. The minimum Gasteiger partial charge on any atom is -0.351 e. The summed E-state index contributed by atoms with van der Waals surface area (Å²) in [4.78, 5) is 5.42. The van der Waals surface area contributed by atoms with Crippen LogP contribution >= 0.6 is 0 Å². The van der Waals surface area contributed by atoms with Crippen LogP contribution in [0.15, 0.2) is 162 Å². The van der Waals surface area contributed by atoms with Crippen molar-refractivity contribution in [3.05, 3.63) is 163 Å². The van der Waals surface area contributed by atoms with Gasteiger partial charge < -0.3 is 14.5 Å². The van der Waals surface area contributed by atoms with E-state index in [9.17, 15) is 0 Å². The molecule has 0 fully saturated rings. The average molecular weight is 620 g/mol. The molecule has 230 valence electrons. The molecule has 3 heterocycles. The molecule has 10 rings (SSSR count). The van der Waals surface area contributed by atoms with Gasteiger partial charge in [-0.1, -0.05) is 115 Å². The molecule has 0 saturated heterocycles. The first-order valence-corrected chi connectivity index (χ1v) is 16.8. The zero-order chi connectivity index (χ0) is 31.6. The lowest BCUT2D eigenvalue weighted by Gasteiger charge is -2.34. The van der Waals surface area contributed by atoms with Crippen LogP contribution in [0.1, 0.15) is 30.9 Å². The molecule has 0 bridgehead atoms. The summed E-state index contributed by atoms with van der Waals surface area (Å²) < 4.78 is 4.83. The van der Waals surface area contributed by atoms with Gasteiger partial charge in [-0.25, -0.2) is 4.99 Å². The third-order valence-electron chi connectivity index (χ3n) is 10.0. The van der Waals surface area contributed by atoms with Gasteiger partial charge in [0.2, 0.25) is 0 Å². The largest absolute Gasteiger partial charge is 0.351 e. The maximum atomic E-state index is 5.42. The van der Waals surface area contributed by atoms with Gasteiger partial charge >= 0.3 is 0 Å². The Bertz CT molecular complexity index is 2620. The Labute approximate surface area is 278 Å². The summed E-state index contributed by atoms with van der Waals surface area (Å²) in [5.74, 6) is 0.953. The zero-order valence-corrected chi connectivity index (χ0v) is 26.3. The molecule has 1 aliphatic carbocycles. The number of rotatable bonds is 4. The molecule has 0 radical (unpaired) electrons. The quantitative estimate of drug-likeness (QED) is 0.206. The second kappa shape index (κ2) is 10.8. The number of benzene rings is 6. The van der Waals surface area contributed by atoms with Crippen LogP contribution in [0.4, 0.5) is 0 Å². The van der Waals surface area contributed by atoms with E-state index in [1.54, 1.807) is 0 Å². The van der Waals surface area contributed by atoms with Crippen LogP contribution in [0.5, 0.6) is 0 Å². The maximum absolute atomic E-state index is 5.42. The van der Waals surface area contributed by atoms with E-state index in [2.05, 4.69) is 171 Å². The molecule has 0 amide bonds. The predicted molar refractivity (Wildman–Crippen MR) is 200 cm³/mol. The van der Waals surface area contributed by atoms with Gasteiger partial charge in [-0.2, -0.15) is 0 Å². The molecular weight excluding hydrogens is 587 g/mol. The van der Waals surface area contributed by atoms with Gasteiger partial charge in [-0.3, -0.25) is 5.32 Å².